The molecule has 0 saturated heterocycles. The standard InChI is InChI=1S/C22H17N3O3/c1-14-7-9-15(10-8-14)18-11-16(12-20(26)19(18)13-23)21(22(27)28)25-24-17-5-3-2-4-6-17/h2-12,24,26H,1H3,(H,27,28)/b25-21-. The number of aromatic hydroxyl groups is 1. The van der Waals surface area contributed by atoms with Gasteiger partial charge in [-0.05, 0) is 36.8 Å². The van der Waals surface area contributed by atoms with Gasteiger partial charge in [0.15, 0.2) is 5.71 Å². The Balaban J connectivity index is 2.10. The molecule has 3 aromatic carbocycles. The molecule has 0 heterocycles. The molecule has 0 spiro atoms. The second kappa shape index (κ2) is 8.06. The number of phenols is 1. The number of carboxylic acid groups (broad SMARTS) is 1. The lowest BCUT2D eigenvalue weighted by atomic mass is 9.95. The number of hydrogen-bond acceptors (Lipinski definition) is 5. The number of carboxylic acids is 1. The van der Waals surface area contributed by atoms with Crippen LogP contribution in [0.1, 0.15) is 16.7 Å². The molecule has 3 aromatic rings. The molecular weight excluding hydrogens is 354 g/mol. The number of carbonyl (C=O) groups is 1. The minimum absolute atomic E-state index is 0.0772. The van der Waals surface area contributed by atoms with Gasteiger partial charge in [-0.2, -0.15) is 10.4 Å². The number of nitrogens with one attached hydrogen (secondary N) is 1. The van der Waals surface area contributed by atoms with Crippen LogP contribution in [0.5, 0.6) is 5.75 Å². The van der Waals surface area contributed by atoms with Gasteiger partial charge < -0.3 is 10.2 Å². The number of aliphatic carboxylic acids is 1. The van der Waals surface area contributed by atoms with Gasteiger partial charge in [0.05, 0.1) is 5.69 Å². The van der Waals surface area contributed by atoms with E-state index in [9.17, 15) is 20.3 Å². The summed E-state index contributed by atoms with van der Waals surface area (Å²) in [6, 6.07) is 21.1. The van der Waals surface area contributed by atoms with E-state index in [1.54, 1.807) is 30.3 Å². The molecule has 6 nitrogen and oxygen atoms in total. The quantitative estimate of drug-likeness (QED) is 0.462. The van der Waals surface area contributed by atoms with E-state index in [1.165, 1.54) is 6.07 Å². The molecule has 0 aromatic heterocycles. The summed E-state index contributed by atoms with van der Waals surface area (Å²) in [6.45, 7) is 1.94. The van der Waals surface area contributed by atoms with Crippen LogP contribution in [-0.4, -0.2) is 21.9 Å². The first-order valence-corrected chi connectivity index (χ1v) is 8.46. The van der Waals surface area contributed by atoms with Crippen molar-refractivity contribution in [3.05, 3.63) is 83.4 Å². The number of aryl methyl sites for hydroxylation is 1. The maximum Gasteiger partial charge on any atom is 0.356 e. The second-order valence-electron chi connectivity index (χ2n) is 6.14. The number of nitrogens with zero attached hydrogens (tertiary/aromatic N) is 2. The van der Waals surface area contributed by atoms with E-state index in [4.69, 9.17) is 0 Å². The van der Waals surface area contributed by atoms with E-state index in [0.29, 0.717) is 16.8 Å². The maximum atomic E-state index is 11.8. The van der Waals surface area contributed by atoms with Gasteiger partial charge in [-0.25, -0.2) is 4.79 Å². The Morgan fingerprint density at radius 1 is 1.07 bits per heavy atom. The zero-order valence-corrected chi connectivity index (χ0v) is 15.0. The van der Waals surface area contributed by atoms with Crippen molar-refractivity contribution in [3.63, 3.8) is 0 Å². The minimum Gasteiger partial charge on any atom is -0.507 e. The van der Waals surface area contributed by atoms with Gasteiger partial charge in [-0.15, -0.1) is 0 Å². The Kier molecular flexibility index (Phi) is 5.38. The van der Waals surface area contributed by atoms with E-state index in [2.05, 4.69) is 10.5 Å². The molecule has 0 amide bonds. The predicted octanol–water partition coefficient (Wildman–Crippen LogP) is 4.14. The SMILES string of the molecule is Cc1ccc(-c2cc(/C(=N/Nc3ccccc3)C(=O)O)cc(O)c2C#N)cc1. The molecule has 3 rings (SSSR count). The number of benzene rings is 3. The van der Waals surface area contributed by atoms with Crippen LogP contribution in [0.25, 0.3) is 11.1 Å². The second-order valence-corrected chi connectivity index (χ2v) is 6.14. The number of anilines is 1. The average Bonchev–Trinajstić information content (AvgIpc) is 2.69. The molecule has 0 radical (unpaired) electrons. The summed E-state index contributed by atoms with van der Waals surface area (Å²) in [5.41, 5.74) is 5.48. The van der Waals surface area contributed by atoms with E-state index in [0.717, 1.165) is 5.56 Å². The summed E-state index contributed by atoms with van der Waals surface area (Å²) < 4.78 is 0. The van der Waals surface area contributed by atoms with Gasteiger partial charge in [0.25, 0.3) is 0 Å². The molecule has 28 heavy (non-hydrogen) atoms. The van der Waals surface area contributed by atoms with Crippen LogP contribution in [0, 0.1) is 18.3 Å². The third-order valence-electron chi connectivity index (χ3n) is 4.14. The van der Waals surface area contributed by atoms with Crippen molar-refractivity contribution in [2.45, 2.75) is 6.92 Å². The number of para-hydroxylation sites is 1. The number of phenolic OH excluding ortho intramolecular Hbond substituents is 1. The van der Waals surface area contributed by atoms with Gasteiger partial charge in [0, 0.05) is 11.1 Å². The summed E-state index contributed by atoms with van der Waals surface area (Å²) in [7, 11) is 0. The fourth-order valence-electron chi connectivity index (χ4n) is 2.71. The lowest BCUT2D eigenvalue weighted by molar-refractivity contribution is -0.129. The fraction of sp³-hybridized carbons (Fsp3) is 0.0455. The summed E-state index contributed by atoms with van der Waals surface area (Å²) in [6.07, 6.45) is 0. The van der Waals surface area contributed by atoms with Gasteiger partial charge in [-0.3, -0.25) is 5.43 Å². The van der Waals surface area contributed by atoms with Gasteiger partial charge >= 0.3 is 5.97 Å². The summed E-state index contributed by atoms with van der Waals surface area (Å²) in [5, 5.41) is 33.3. The molecule has 3 N–H and O–H groups in total. The number of hydrazone groups is 1. The van der Waals surface area contributed by atoms with Crippen LogP contribution >= 0.6 is 0 Å². The highest BCUT2D eigenvalue weighted by molar-refractivity contribution is 6.42. The number of nitriles is 1. The predicted molar refractivity (Wildman–Crippen MR) is 107 cm³/mol. The first-order chi connectivity index (χ1) is 13.5. The van der Waals surface area contributed by atoms with Gasteiger partial charge in [0.2, 0.25) is 0 Å². The summed E-state index contributed by atoms with van der Waals surface area (Å²) in [5.74, 6) is -1.56. The lowest BCUT2D eigenvalue weighted by Gasteiger charge is -2.11. The van der Waals surface area contributed by atoms with E-state index in [1.807, 2.05) is 43.3 Å². The molecule has 6 heteroatoms. The largest absolute Gasteiger partial charge is 0.507 e. The molecule has 0 bridgehead atoms. The third-order valence-corrected chi connectivity index (χ3v) is 4.14. The third kappa shape index (κ3) is 4.00. The first-order valence-electron chi connectivity index (χ1n) is 8.46. The number of rotatable bonds is 5. The Bertz CT molecular complexity index is 1080. The highest BCUT2D eigenvalue weighted by Gasteiger charge is 2.19. The zero-order chi connectivity index (χ0) is 20.1. The van der Waals surface area contributed by atoms with Crippen molar-refractivity contribution < 1.29 is 15.0 Å². The Morgan fingerprint density at radius 3 is 2.36 bits per heavy atom. The average molecular weight is 371 g/mol. The molecule has 0 fully saturated rings. The van der Waals surface area contributed by atoms with Crippen molar-refractivity contribution in [1.82, 2.24) is 0 Å². The van der Waals surface area contributed by atoms with Crippen LogP contribution < -0.4 is 5.43 Å². The molecular formula is C22H17N3O3. The molecule has 0 aliphatic carbocycles. The van der Waals surface area contributed by atoms with Crippen LogP contribution in [0.15, 0.2) is 71.8 Å². The van der Waals surface area contributed by atoms with Gasteiger partial charge in [-0.1, -0.05) is 48.0 Å². The molecule has 0 atom stereocenters. The van der Waals surface area contributed by atoms with Crippen molar-refractivity contribution in [2.75, 3.05) is 5.43 Å². The number of hydrogen-bond donors (Lipinski definition) is 3. The normalized spacial score (nSPS) is 10.9. The van der Waals surface area contributed by atoms with Crippen LogP contribution in [0.2, 0.25) is 0 Å². The smallest absolute Gasteiger partial charge is 0.356 e. The molecule has 138 valence electrons. The molecule has 0 saturated carbocycles. The zero-order valence-electron chi connectivity index (χ0n) is 15.0. The first kappa shape index (κ1) is 18.7. The molecule has 0 unspecified atom stereocenters. The topological polar surface area (TPSA) is 106 Å². The van der Waals surface area contributed by atoms with Gasteiger partial charge in [0.1, 0.15) is 17.4 Å². The highest BCUT2D eigenvalue weighted by Crippen LogP contribution is 2.32. The van der Waals surface area contributed by atoms with E-state index >= 15 is 0 Å². The van der Waals surface area contributed by atoms with Crippen LogP contribution in [-0.2, 0) is 4.79 Å². The van der Waals surface area contributed by atoms with Crippen LogP contribution in [0.4, 0.5) is 5.69 Å². The molecule has 0 aliphatic heterocycles. The van der Waals surface area contributed by atoms with E-state index < -0.39 is 5.97 Å². The highest BCUT2D eigenvalue weighted by atomic mass is 16.4. The molecule has 0 aliphatic rings. The Labute approximate surface area is 162 Å². The monoisotopic (exact) mass is 371 g/mol. The lowest BCUT2D eigenvalue weighted by Crippen LogP contribution is -2.16. The fourth-order valence-corrected chi connectivity index (χ4v) is 2.71. The van der Waals surface area contributed by atoms with Crippen molar-refractivity contribution in [2.24, 2.45) is 5.10 Å². The summed E-state index contributed by atoms with van der Waals surface area (Å²) in [4.78, 5) is 11.8. The minimum atomic E-state index is -1.26. The van der Waals surface area contributed by atoms with Crippen molar-refractivity contribution in [3.8, 4) is 22.9 Å². The Hall–Kier alpha value is -4.11. The van der Waals surface area contributed by atoms with Crippen LogP contribution in [0.3, 0.4) is 0 Å². The van der Waals surface area contributed by atoms with Crippen molar-refractivity contribution in [1.29, 1.82) is 5.26 Å². The van der Waals surface area contributed by atoms with E-state index in [-0.39, 0.29) is 22.6 Å². The summed E-state index contributed by atoms with van der Waals surface area (Å²) >= 11 is 0. The maximum absolute atomic E-state index is 11.8. The Morgan fingerprint density at radius 2 is 1.75 bits per heavy atom. The van der Waals surface area contributed by atoms with Crippen molar-refractivity contribution >= 4 is 17.4 Å².